The summed E-state index contributed by atoms with van der Waals surface area (Å²) in [7, 11) is 0. The third-order valence-corrected chi connectivity index (χ3v) is 2.39. The van der Waals surface area contributed by atoms with Crippen LogP contribution in [0.1, 0.15) is 5.69 Å². The van der Waals surface area contributed by atoms with Crippen molar-refractivity contribution >= 4 is 28.0 Å². The molecule has 0 atom stereocenters. The molecule has 2 aromatic rings. The number of rotatable bonds is 3. The molecular formula is C5H5N5S2. The van der Waals surface area contributed by atoms with E-state index in [1.54, 1.807) is 5.51 Å². The van der Waals surface area contributed by atoms with Crippen LogP contribution in [-0.2, 0) is 6.54 Å². The second kappa shape index (κ2) is 3.55. The fourth-order valence-corrected chi connectivity index (χ4v) is 1.57. The van der Waals surface area contributed by atoms with Gasteiger partial charge in [-0.3, -0.25) is 0 Å². The summed E-state index contributed by atoms with van der Waals surface area (Å²) in [6.07, 6.45) is 0. The lowest BCUT2D eigenvalue weighted by atomic mass is 10.5. The van der Waals surface area contributed by atoms with E-state index >= 15 is 0 Å². The van der Waals surface area contributed by atoms with Crippen LogP contribution >= 0.6 is 22.9 Å². The lowest BCUT2D eigenvalue weighted by Gasteiger charge is -1.95. The molecule has 0 bridgehead atoms. The van der Waals surface area contributed by atoms with E-state index < -0.39 is 0 Å². The minimum Gasteiger partial charge on any atom is -0.354 e. The molecule has 0 aliphatic heterocycles. The van der Waals surface area contributed by atoms with E-state index in [-0.39, 0.29) is 0 Å². The molecule has 0 aromatic carbocycles. The molecule has 0 radical (unpaired) electrons. The van der Waals surface area contributed by atoms with Gasteiger partial charge in [0.15, 0.2) is 0 Å². The molecule has 5 nitrogen and oxygen atoms in total. The molecule has 0 fully saturated rings. The molecule has 0 amide bonds. The third-order valence-electron chi connectivity index (χ3n) is 1.19. The molecule has 0 saturated heterocycles. The van der Waals surface area contributed by atoms with Gasteiger partial charge < -0.3 is 5.32 Å². The molecule has 0 saturated carbocycles. The highest BCUT2D eigenvalue weighted by molar-refractivity contribution is 7.13. The Hall–Kier alpha value is -1.08. The summed E-state index contributed by atoms with van der Waals surface area (Å²) in [5.74, 6) is 0. The second-order valence-corrected chi connectivity index (χ2v) is 3.44. The van der Waals surface area contributed by atoms with Crippen molar-refractivity contribution in [2.24, 2.45) is 0 Å². The zero-order valence-electron chi connectivity index (χ0n) is 5.97. The fourth-order valence-electron chi connectivity index (χ4n) is 0.677. The van der Waals surface area contributed by atoms with Crippen molar-refractivity contribution in [1.82, 2.24) is 19.8 Å². The molecule has 2 heterocycles. The quantitative estimate of drug-likeness (QED) is 0.799. The average molecular weight is 199 g/mol. The smallest absolute Gasteiger partial charge is 0.205 e. The van der Waals surface area contributed by atoms with Crippen LogP contribution in [-0.4, -0.2) is 19.8 Å². The van der Waals surface area contributed by atoms with Crippen LogP contribution in [0.5, 0.6) is 0 Å². The first-order valence-corrected chi connectivity index (χ1v) is 4.93. The van der Waals surface area contributed by atoms with Gasteiger partial charge in [0.25, 0.3) is 0 Å². The van der Waals surface area contributed by atoms with Gasteiger partial charge in [-0.15, -0.1) is 15.3 Å². The maximum Gasteiger partial charge on any atom is 0.205 e. The Morgan fingerprint density at radius 2 is 2.42 bits per heavy atom. The van der Waals surface area contributed by atoms with Crippen molar-refractivity contribution < 1.29 is 0 Å². The SMILES string of the molecule is c1nnc(NCc2csnn2)s1. The summed E-state index contributed by atoms with van der Waals surface area (Å²) >= 11 is 2.81. The summed E-state index contributed by atoms with van der Waals surface area (Å²) in [6, 6.07) is 0. The number of aromatic nitrogens is 4. The molecule has 0 unspecified atom stereocenters. The highest BCUT2D eigenvalue weighted by atomic mass is 32.1. The van der Waals surface area contributed by atoms with Crippen LogP contribution < -0.4 is 5.32 Å². The van der Waals surface area contributed by atoms with E-state index in [4.69, 9.17) is 0 Å². The first-order valence-electron chi connectivity index (χ1n) is 3.21. The summed E-state index contributed by atoms with van der Waals surface area (Å²) in [6.45, 7) is 0.658. The Morgan fingerprint density at radius 1 is 1.42 bits per heavy atom. The van der Waals surface area contributed by atoms with Crippen molar-refractivity contribution in [3.63, 3.8) is 0 Å². The molecule has 62 valence electrons. The summed E-state index contributed by atoms with van der Waals surface area (Å²) in [5.41, 5.74) is 2.61. The normalized spacial score (nSPS) is 10.0. The Balaban J connectivity index is 1.91. The van der Waals surface area contributed by atoms with Gasteiger partial charge in [-0.2, -0.15) is 0 Å². The van der Waals surface area contributed by atoms with Crippen LogP contribution in [0.15, 0.2) is 10.9 Å². The number of nitrogens with one attached hydrogen (secondary N) is 1. The van der Waals surface area contributed by atoms with Gasteiger partial charge in [-0.05, 0) is 11.5 Å². The van der Waals surface area contributed by atoms with Crippen LogP contribution in [0, 0.1) is 0 Å². The van der Waals surface area contributed by atoms with Crippen molar-refractivity contribution in [2.45, 2.75) is 6.54 Å². The molecular weight excluding hydrogens is 194 g/mol. The fraction of sp³-hybridized carbons (Fsp3) is 0.200. The topological polar surface area (TPSA) is 63.6 Å². The molecule has 0 aliphatic rings. The van der Waals surface area contributed by atoms with Gasteiger partial charge in [-0.25, -0.2) is 0 Å². The van der Waals surface area contributed by atoms with Gasteiger partial charge in [-0.1, -0.05) is 15.8 Å². The zero-order chi connectivity index (χ0) is 8.23. The maximum atomic E-state index is 3.88. The minimum absolute atomic E-state index is 0.658. The maximum absolute atomic E-state index is 3.88. The summed E-state index contributed by atoms with van der Waals surface area (Å²) in [5, 5.41) is 17.2. The first kappa shape index (κ1) is 7.56. The molecule has 0 spiro atoms. The Bertz CT molecular complexity index is 281. The predicted molar refractivity (Wildman–Crippen MR) is 47.1 cm³/mol. The van der Waals surface area contributed by atoms with Crippen LogP contribution in [0.2, 0.25) is 0 Å². The molecule has 7 heteroatoms. The van der Waals surface area contributed by atoms with E-state index in [0.29, 0.717) is 6.54 Å². The van der Waals surface area contributed by atoms with E-state index in [1.807, 2.05) is 5.38 Å². The highest BCUT2D eigenvalue weighted by Crippen LogP contribution is 2.09. The Labute approximate surface area is 76.6 Å². The number of nitrogens with zero attached hydrogens (tertiary/aromatic N) is 4. The molecule has 12 heavy (non-hydrogen) atoms. The van der Waals surface area contributed by atoms with Gasteiger partial charge >= 0.3 is 0 Å². The predicted octanol–water partition coefficient (Wildman–Crippen LogP) is 1.00. The number of hydrogen-bond acceptors (Lipinski definition) is 7. The van der Waals surface area contributed by atoms with E-state index in [1.165, 1.54) is 22.9 Å². The number of hydrogen-bond donors (Lipinski definition) is 1. The first-order chi connectivity index (χ1) is 5.95. The minimum atomic E-state index is 0.658. The van der Waals surface area contributed by atoms with Crippen molar-refractivity contribution in [3.8, 4) is 0 Å². The standard InChI is InChI=1S/C5H5N5S2/c1(4-2-12-10-8-4)6-5-9-7-3-11-5/h2-3H,1H2,(H,6,9). The van der Waals surface area contributed by atoms with Gasteiger partial charge in [0.05, 0.1) is 12.2 Å². The second-order valence-electron chi connectivity index (χ2n) is 1.99. The largest absolute Gasteiger partial charge is 0.354 e. The molecule has 0 aliphatic carbocycles. The summed E-state index contributed by atoms with van der Waals surface area (Å²) in [4.78, 5) is 0. The van der Waals surface area contributed by atoms with Crippen molar-refractivity contribution in [2.75, 3.05) is 5.32 Å². The highest BCUT2D eigenvalue weighted by Gasteiger charge is 1.97. The molecule has 2 rings (SSSR count). The number of anilines is 1. The van der Waals surface area contributed by atoms with E-state index in [0.717, 1.165) is 10.8 Å². The van der Waals surface area contributed by atoms with Crippen molar-refractivity contribution in [3.05, 3.63) is 16.6 Å². The lowest BCUT2D eigenvalue weighted by molar-refractivity contribution is 0.982. The molecule has 1 N–H and O–H groups in total. The van der Waals surface area contributed by atoms with Crippen LogP contribution in [0.3, 0.4) is 0 Å². The van der Waals surface area contributed by atoms with E-state index in [9.17, 15) is 0 Å². The van der Waals surface area contributed by atoms with Crippen LogP contribution in [0.25, 0.3) is 0 Å². The zero-order valence-corrected chi connectivity index (χ0v) is 7.60. The van der Waals surface area contributed by atoms with E-state index in [2.05, 4.69) is 25.1 Å². The van der Waals surface area contributed by atoms with Crippen LogP contribution in [0.4, 0.5) is 5.13 Å². The van der Waals surface area contributed by atoms with Crippen molar-refractivity contribution in [1.29, 1.82) is 0 Å². The lowest BCUT2D eigenvalue weighted by Crippen LogP contribution is -1.99. The molecule has 2 aromatic heterocycles. The summed E-state index contributed by atoms with van der Waals surface area (Å²) < 4.78 is 3.74. The monoisotopic (exact) mass is 199 g/mol. The third kappa shape index (κ3) is 1.74. The van der Waals surface area contributed by atoms with Gasteiger partial charge in [0.2, 0.25) is 5.13 Å². The Kier molecular flexibility index (Phi) is 2.23. The Morgan fingerprint density at radius 3 is 3.08 bits per heavy atom. The average Bonchev–Trinajstić information content (AvgIpc) is 2.74. The van der Waals surface area contributed by atoms with Gasteiger partial charge in [0, 0.05) is 5.38 Å². The van der Waals surface area contributed by atoms with Gasteiger partial charge in [0.1, 0.15) is 5.51 Å².